The molecule has 5 rings (SSSR count). The van der Waals surface area contributed by atoms with Crippen molar-refractivity contribution < 1.29 is 19.1 Å². The fourth-order valence-electron chi connectivity index (χ4n) is 6.22. The SMILES string of the molecule is CSc1cccc(NC(=O)[C@@H]2[C@@H]3C=C[C@]4(O3)[C@@H]2C(=O)N(C(C)C)[C@H]4C(=O)NC2CCCCC2)c1. The number of carbonyl (C=O) groups excluding carboxylic acids is 3. The van der Waals surface area contributed by atoms with E-state index >= 15 is 0 Å². The number of likely N-dealkylation sites (tertiary alicyclic amines) is 1. The Bertz CT molecular complexity index is 1020. The Kier molecular flexibility index (Phi) is 6.23. The molecule has 0 aromatic heterocycles. The zero-order chi connectivity index (χ0) is 24.0. The summed E-state index contributed by atoms with van der Waals surface area (Å²) in [5.74, 6) is -1.98. The van der Waals surface area contributed by atoms with Gasteiger partial charge in [-0.15, -0.1) is 11.8 Å². The van der Waals surface area contributed by atoms with Gasteiger partial charge in [-0.2, -0.15) is 0 Å². The third kappa shape index (κ3) is 3.75. The zero-order valence-corrected chi connectivity index (χ0v) is 20.8. The number of rotatable bonds is 6. The number of thioether (sulfide) groups is 1. The fraction of sp³-hybridized carbons (Fsp3) is 0.577. The van der Waals surface area contributed by atoms with Gasteiger partial charge >= 0.3 is 0 Å². The van der Waals surface area contributed by atoms with Gasteiger partial charge in [0.05, 0.1) is 17.9 Å². The largest absolute Gasteiger partial charge is 0.359 e. The van der Waals surface area contributed by atoms with Crippen LogP contribution >= 0.6 is 11.8 Å². The van der Waals surface area contributed by atoms with Crippen molar-refractivity contribution in [3.05, 3.63) is 36.4 Å². The average Bonchev–Trinajstić information content (AvgIpc) is 3.47. The molecule has 1 aliphatic carbocycles. The number of fused-ring (bicyclic) bond motifs is 1. The second-order valence-electron chi connectivity index (χ2n) is 10.1. The molecule has 3 heterocycles. The summed E-state index contributed by atoms with van der Waals surface area (Å²) in [6, 6.07) is 6.81. The van der Waals surface area contributed by atoms with Crippen molar-refractivity contribution in [3.63, 3.8) is 0 Å². The molecule has 182 valence electrons. The number of carbonyl (C=O) groups is 3. The summed E-state index contributed by atoms with van der Waals surface area (Å²) in [5.41, 5.74) is -0.413. The first-order chi connectivity index (χ1) is 16.4. The Morgan fingerprint density at radius 2 is 1.94 bits per heavy atom. The summed E-state index contributed by atoms with van der Waals surface area (Å²) in [5, 5.41) is 6.19. The van der Waals surface area contributed by atoms with Gasteiger partial charge in [0.25, 0.3) is 0 Å². The molecular formula is C26H33N3O4S. The van der Waals surface area contributed by atoms with Gasteiger partial charge in [0.15, 0.2) is 0 Å². The minimum atomic E-state index is -1.10. The summed E-state index contributed by atoms with van der Waals surface area (Å²) in [7, 11) is 0. The summed E-state index contributed by atoms with van der Waals surface area (Å²) < 4.78 is 6.37. The molecule has 3 aliphatic heterocycles. The molecule has 0 unspecified atom stereocenters. The normalized spacial score (nSPS) is 32.4. The number of benzene rings is 1. The molecule has 8 heteroatoms. The summed E-state index contributed by atoms with van der Waals surface area (Å²) in [6.45, 7) is 3.82. The molecule has 5 atom stereocenters. The molecule has 2 saturated heterocycles. The molecule has 1 saturated carbocycles. The predicted octanol–water partition coefficient (Wildman–Crippen LogP) is 3.35. The van der Waals surface area contributed by atoms with Crippen LogP contribution in [0.3, 0.4) is 0 Å². The van der Waals surface area contributed by atoms with Gasteiger partial charge in [-0.25, -0.2) is 0 Å². The highest BCUT2D eigenvalue weighted by Gasteiger charge is 2.73. The predicted molar refractivity (Wildman–Crippen MR) is 131 cm³/mol. The van der Waals surface area contributed by atoms with E-state index in [2.05, 4.69) is 10.6 Å². The Morgan fingerprint density at radius 3 is 2.65 bits per heavy atom. The van der Waals surface area contributed by atoms with Crippen LogP contribution in [0.2, 0.25) is 0 Å². The highest BCUT2D eigenvalue weighted by Crippen LogP contribution is 2.55. The smallest absolute Gasteiger partial charge is 0.246 e. The van der Waals surface area contributed by atoms with Crippen LogP contribution in [0, 0.1) is 11.8 Å². The Balaban J connectivity index is 1.42. The van der Waals surface area contributed by atoms with E-state index in [-0.39, 0.29) is 29.8 Å². The van der Waals surface area contributed by atoms with Crippen LogP contribution in [0.15, 0.2) is 41.3 Å². The molecule has 34 heavy (non-hydrogen) atoms. The maximum Gasteiger partial charge on any atom is 0.246 e. The number of amides is 3. The van der Waals surface area contributed by atoms with Gasteiger partial charge in [-0.05, 0) is 51.1 Å². The number of nitrogens with zero attached hydrogens (tertiary/aromatic N) is 1. The lowest BCUT2D eigenvalue weighted by Gasteiger charge is -2.35. The number of hydrogen-bond donors (Lipinski definition) is 2. The van der Waals surface area contributed by atoms with E-state index < -0.39 is 29.6 Å². The first kappa shape index (κ1) is 23.4. The van der Waals surface area contributed by atoms with Crippen LogP contribution in [-0.2, 0) is 19.1 Å². The third-order valence-electron chi connectivity index (χ3n) is 7.71. The zero-order valence-electron chi connectivity index (χ0n) is 20.0. The molecule has 2 bridgehead atoms. The van der Waals surface area contributed by atoms with Crippen molar-refractivity contribution in [1.82, 2.24) is 10.2 Å². The highest BCUT2D eigenvalue weighted by molar-refractivity contribution is 7.98. The lowest BCUT2D eigenvalue weighted by atomic mass is 9.74. The van der Waals surface area contributed by atoms with E-state index in [0.29, 0.717) is 5.69 Å². The van der Waals surface area contributed by atoms with Gasteiger partial charge in [0.2, 0.25) is 17.7 Å². The first-order valence-corrected chi connectivity index (χ1v) is 13.5. The van der Waals surface area contributed by atoms with Crippen molar-refractivity contribution in [2.45, 2.75) is 80.7 Å². The number of anilines is 1. The van der Waals surface area contributed by atoms with Gasteiger partial charge in [-0.1, -0.05) is 37.5 Å². The average molecular weight is 484 g/mol. The topological polar surface area (TPSA) is 87.7 Å². The monoisotopic (exact) mass is 483 g/mol. The number of hydrogen-bond acceptors (Lipinski definition) is 5. The Labute approximate surface area is 205 Å². The summed E-state index contributed by atoms with van der Waals surface area (Å²) in [6.07, 6.45) is 10.5. The summed E-state index contributed by atoms with van der Waals surface area (Å²) >= 11 is 1.60. The van der Waals surface area contributed by atoms with Crippen molar-refractivity contribution in [1.29, 1.82) is 0 Å². The van der Waals surface area contributed by atoms with E-state index in [1.165, 1.54) is 6.42 Å². The first-order valence-electron chi connectivity index (χ1n) is 12.3. The van der Waals surface area contributed by atoms with Crippen LogP contribution in [0.4, 0.5) is 5.69 Å². The highest BCUT2D eigenvalue weighted by atomic mass is 32.2. The molecule has 1 aromatic rings. The van der Waals surface area contributed by atoms with Gasteiger partial charge < -0.3 is 20.3 Å². The minimum Gasteiger partial charge on any atom is -0.359 e. The molecule has 4 aliphatic rings. The van der Waals surface area contributed by atoms with Gasteiger partial charge in [0.1, 0.15) is 11.6 Å². The van der Waals surface area contributed by atoms with Crippen molar-refractivity contribution in [2.75, 3.05) is 11.6 Å². The van der Waals surface area contributed by atoms with Crippen molar-refractivity contribution in [3.8, 4) is 0 Å². The molecule has 1 spiro atoms. The van der Waals surface area contributed by atoms with E-state index in [1.54, 1.807) is 16.7 Å². The molecule has 7 nitrogen and oxygen atoms in total. The summed E-state index contributed by atoms with van der Waals surface area (Å²) in [4.78, 5) is 43.5. The van der Waals surface area contributed by atoms with Crippen LogP contribution in [0.1, 0.15) is 46.0 Å². The molecule has 2 N–H and O–H groups in total. The molecule has 3 fully saturated rings. The number of ether oxygens (including phenoxy) is 1. The minimum absolute atomic E-state index is 0.131. The van der Waals surface area contributed by atoms with Crippen LogP contribution < -0.4 is 10.6 Å². The van der Waals surface area contributed by atoms with Crippen molar-refractivity contribution >= 4 is 35.2 Å². The fourth-order valence-corrected chi connectivity index (χ4v) is 6.67. The van der Waals surface area contributed by atoms with E-state index in [1.807, 2.05) is 56.5 Å². The van der Waals surface area contributed by atoms with E-state index in [0.717, 1.165) is 30.6 Å². The van der Waals surface area contributed by atoms with E-state index in [9.17, 15) is 14.4 Å². The second-order valence-corrected chi connectivity index (χ2v) is 11.0. The molecule has 1 aromatic carbocycles. The molecule has 3 amide bonds. The van der Waals surface area contributed by atoms with Crippen LogP contribution in [-0.4, -0.2) is 58.7 Å². The van der Waals surface area contributed by atoms with Crippen LogP contribution in [0.25, 0.3) is 0 Å². The Morgan fingerprint density at radius 1 is 1.18 bits per heavy atom. The van der Waals surface area contributed by atoms with Gasteiger partial charge in [0, 0.05) is 22.7 Å². The third-order valence-corrected chi connectivity index (χ3v) is 8.43. The molecular weight excluding hydrogens is 450 g/mol. The lowest BCUT2D eigenvalue weighted by molar-refractivity contribution is -0.143. The second kappa shape index (κ2) is 9.04. The van der Waals surface area contributed by atoms with E-state index in [4.69, 9.17) is 4.74 Å². The maximum absolute atomic E-state index is 13.7. The quantitative estimate of drug-likeness (QED) is 0.479. The lowest BCUT2D eigenvalue weighted by Crippen LogP contribution is -2.57. The Hall–Kier alpha value is -2.32. The molecule has 0 radical (unpaired) electrons. The van der Waals surface area contributed by atoms with Crippen molar-refractivity contribution in [2.24, 2.45) is 11.8 Å². The van der Waals surface area contributed by atoms with Gasteiger partial charge in [-0.3, -0.25) is 14.4 Å². The standard InChI is InChI=1S/C26H33N3O4S/c1-15(2)29-22(24(31)27-16-8-5-4-6-9-16)26-13-12-19(33-26)20(21(26)25(29)32)23(30)28-17-10-7-11-18(14-17)34-3/h7,10-16,19-22H,4-6,8-9H2,1-3H3,(H,27,31)(H,28,30)/t19-,20+,21-,22-,26-/m0/s1. The number of nitrogens with one attached hydrogen (secondary N) is 2. The maximum atomic E-state index is 13.7. The van der Waals surface area contributed by atoms with Crippen LogP contribution in [0.5, 0.6) is 0 Å².